The van der Waals surface area contributed by atoms with Gasteiger partial charge in [-0.3, -0.25) is 0 Å². The number of rotatable bonds is 4. The standard InChI is InChI=1S/C27H20FNO2S/c1-19-12-15-23(16-13-19)32(30,31)29-25-17-14-22(28)18-24(25)26(20-8-4-2-5-9-20)27(29)21-10-6-3-7-11-21/h2-18H,1H3. The number of hydrogen-bond donors (Lipinski definition) is 0. The van der Waals surface area contributed by atoms with Crippen molar-refractivity contribution in [2.45, 2.75) is 11.8 Å². The van der Waals surface area contributed by atoms with Gasteiger partial charge in [-0.15, -0.1) is 0 Å². The fourth-order valence-corrected chi connectivity index (χ4v) is 5.60. The van der Waals surface area contributed by atoms with Gasteiger partial charge >= 0.3 is 0 Å². The minimum absolute atomic E-state index is 0.182. The average molecular weight is 442 g/mol. The number of aromatic nitrogens is 1. The molecule has 0 N–H and O–H groups in total. The predicted octanol–water partition coefficient (Wildman–Crippen LogP) is 6.66. The molecule has 0 saturated carbocycles. The smallest absolute Gasteiger partial charge is 0.233 e. The molecule has 0 saturated heterocycles. The van der Waals surface area contributed by atoms with E-state index in [1.165, 1.54) is 22.2 Å². The van der Waals surface area contributed by atoms with Gasteiger partial charge in [-0.2, -0.15) is 0 Å². The van der Waals surface area contributed by atoms with E-state index >= 15 is 0 Å². The van der Waals surface area contributed by atoms with Gasteiger partial charge in [-0.1, -0.05) is 78.4 Å². The quantitative estimate of drug-likeness (QED) is 0.313. The number of fused-ring (bicyclic) bond motifs is 1. The monoisotopic (exact) mass is 441 g/mol. The average Bonchev–Trinajstić information content (AvgIpc) is 3.15. The van der Waals surface area contributed by atoms with E-state index in [0.717, 1.165) is 16.7 Å². The minimum atomic E-state index is -3.97. The molecule has 0 bridgehead atoms. The summed E-state index contributed by atoms with van der Waals surface area (Å²) in [5, 5.41) is 0.547. The SMILES string of the molecule is Cc1ccc(S(=O)(=O)n2c(-c3ccccc3)c(-c3ccccc3)c3cc(F)ccc32)cc1. The lowest BCUT2D eigenvalue weighted by molar-refractivity contribution is 0.589. The van der Waals surface area contributed by atoms with Crippen molar-refractivity contribution >= 4 is 20.9 Å². The van der Waals surface area contributed by atoms with Crippen molar-refractivity contribution in [3.63, 3.8) is 0 Å². The van der Waals surface area contributed by atoms with Crippen LogP contribution in [-0.4, -0.2) is 12.4 Å². The summed E-state index contributed by atoms with van der Waals surface area (Å²) in [7, 11) is -3.97. The molecule has 0 aliphatic heterocycles. The molecule has 5 aromatic rings. The van der Waals surface area contributed by atoms with E-state index < -0.39 is 15.8 Å². The Morgan fingerprint density at radius 2 is 1.31 bits per heavy atom. The number of halogens is 1. The molecule has 3 nitrogen and oxygen atoms in total. The predicted molar refractivity (Wildman–Crippen MR) is 127 cm³/mol. The van der Waals surface area contributed by atoms with E-state index in [-0.39, 0.29) is 4.90 Å². The first-order chi connectivity index (χ1) is 15.5. The van der Waals surface area contributed by atoms with E-state index in [0.29, 0.717) is 22.2 Å². The van der Waals surface area contributed by atoms with Gasteiger partial charge in [0.2, 0.25) is 0 Å². The highest BCUT2D eigenvalue weighted by Crippen LogP contribution is 2.43. The Morgan fingerprint density at radius 3 is 1.94 bits per heavy atom. The molecule has 0 unspecified atom stereocenters. The van der Waals surface area contributed by atoms with Crippen LogP contribution in [0.25, 0.3) is 33.3 Å². The van der Waals surface area contributed by atoms with E-state index in [1.807, 2.05) is 67.6 Å². The first-order valence-corrected chi connectivity index (χ1v) is 11.7. The molecule has 158 valence electrons. The third-order valence-electron chi connectivity index (χ3n) is 5.56. The Morgan fingerprint density at radius 1 is 0.719 bits per heavy atom. The lowest BCUT2D eigenvalue weighted by Crippen LogP contribution is -2.14. The second-order valence-electron chi connectivity index (χ2n) is 7.70. The molecule has 0 fully saturated rings. The number of nitrogens with zero attached hydrogens (tertiary/aromatic N) is 1. The maximum Gasteiger partial charge on any atom is 0.268 e. The second-order valence-corrected chi connectivity index (χ2v) is 9.49. The van der Waals surface area contributed by atoms with Crippen LogP contribution in [0.5, 0.6) is 0 Å². The van der Waals surface area contributed by atoms with Gasteiger partial charge in [0.25, 0.3) is 10.0 Å². The molecule has 0 aliphatic carbocycles. The summed E-state index contributed by atoms with van der Waals surface area (Å²) >= 11 is 0. The Labute approximate surface area is 186 Å². The summed E-state index contributed by atoms with van der Waals surface area (Å²) in [6.07, 6.45) is 0. The molecular weight excluding hydrogens is 421 g/mol. The van der Waals surface area contributed by atoms with Crippen molar-refractivity contribution in [3.05, 3.63) is 115 Å². The number of benzene rings is 4. The van der Waals surface area contributed by atoms with Crippen LogP contribution >= 0.6 is 0 Å². The lowest BCUT2D eigenvalue weighted by Gasteiger charge is -2.14. The first-order valence-electron chi connectivity index (χ1n) is 10.2. The van der Waals surface area contributed by atoms with Gasteiger partial charge in [0.15, 0.2) is 0 Å². The molecule has 0 amide bonds. The Balaban J connectivity index is 1.96. The van der Waals surface area contributed by atoms with E-state index in [9.17, 15) is 12.8 Å². The van der Waals surface area contributed by atoms with Gasteiger partial charge in [0, 0.05) is 10.9 Å². The summed E-state index contributed by atoms with van der Waals surface area (Å²) in [6, 6.07) is 29.9. The van der Waals surface area contributed by atoms with Crippen LogP contribution in [0.3, 0.4) is 0 Å². The molecule has 0 radical (unpaired) electrons. The van der Waals surface area contributed by atoms with E-state index in [2.05, 4.69) is 0 Å². The van der Waals surface area contributed by atoms with Crippen molar-refractivity contribution < 1.29 is 12.8 Å². The zero-order valence-electron chi connectivity index (χ0n) is 17.4. The van der Waals surface area contributed by atoms with Crippen LogP contribution in [-0.2, 0) is 10.0 Å². The van der Waals surface area contributed by atoms with Crippen LogP contribution < -0.4 is 0 Å². The zero-order chi connectivity index (χ0) is 22.3. The molecule has 0 atom stereocenters. The maximum absolute atomic E-state index is 14.4. The van der Waals surface area contributed by atoms with Crippen LogP contribution in [0.15, 0.2) is 108 Å². The molecule has 4 aromatic carbocycles. The molecule has 5 heteroatoms. The van der Waals surface area contributed by atoms with Crippen molar-refractivity contribution in [1.29, 1.82) is 0 Å². The van der Waals surface area contributed by atoms with Crippen molar-refractivity contribution in [3.8, 4) is 22.4 Å². The lowest BCUT2D eigenvalue weighted by atomic mass is 9.98. The Kier molecular flexibility index (Phi) is 4.91. The fourth-order valence-electron chi connectivity index (χ4n) is 4.06. The molecule has 5 rings (SSSR count). The Bertz CT molecular complexity index is 1520. The van der Waals surface area contributed by atoms with Crippen molar-refractivity contribution in [2.24, 2.45) is 0 Å². The molecule has 1 aromatic heterocycles. The summed E-state index contributed by atoms with van der Waals surface area (Å²) in [4.78, 5) is 0.182. The van der Waals surface area contributed by atoms with Gasteiger partial charge < -0.3 is 0 Å². The topological polar surface area (TPSA) is 39.1 Å². The second kappa shape index (κ2) is 7.77. The van der Waals surface area contributed by atoms with Crippen LogP contribution in [0.4, 0.5) is 4.39 Å². The van der Waals surface area contributed by atoms with Crippen molar-refractivity contribution in [1.82, 2.24) is 3.97 Å². The Hall–Kier alpha value is -3.70. The van der Waals surface area contributed by atoms with E-state index in [1.54, 1.807) is 24.3 Å². The largest absolute Gasteiger partial charge is 0.268 e. The third kappa shape index (κ3) is 3.31. The van der Waals surface area contributed by atoms with Crippen LogP contribution in [0, 0.1) is 12.7 Å². The maximum atomic E-state index is 14.4. The van der Waals surface area contributed by atoms with E-state index in [4.69, 9.17) is 0 Å². The summed E-state index contributed by atoms with van der Waals surface area (Å²) in [6.45, 7) is 1.91. The summed E-state index contributed by atoms with van der Waals surface area (Å²) in [5.41, 5.74) is 4.15. The molecule has 0 aliphatic rings. The highest BCUT2D eigenvalue weighted by atomic mass is 32.2. The van der Waals surface area contributed by atoms with Gasteiger partial charge in [0.05, 0.1) is 16.1 Å². The molecular formula is C27H20FNO2S. The van der Waals surface area contributed by atoms with Crippen LogP contribution in [0.2, 0.25) is 0 Å². The minimum Gasteiger partial charge on any atom is -0.233 e. The van der Waals surface area contributed by atoms with Crippen LogP contribution in [0.1, 0.15) is 5.56 Å². The molecule has 0 spiro atoms. The van der Waals surface area contributed by atoms with Crippen molar-refractivity contribution in [2.75, 3.05) is 0 Å². The van der Waals surface area contributed by atoms with Gasteiger partial charge in [-0.25, -0.2) is 16.8 Å². The molecule has 32 heavy (non-hydrogen) atoms. The highest BCUT2D eigenvalue weighted by molar-refractivity contribution is 7.90. The summed E-state index contributed by atoms with van der Waals surface area (Å²) in [5.74, 6) is -0.417. The molecule has 1 heterocycles. The van der Waals surface area contributed by atoms with Gasteiger partial charge in [-0.05, 0) is 48.4 Å². The first kappa shape index (κ1) is 20.2. The number of hydrogen-bond acceptors (Lipinski definition) is 2. The summed E-state index contributed by atoms with van der Waals surface area (Å²) < 4.78 is 43.6. The third-order valence-corrected chi connectivity index (χ3v) is 7.28. The fraction of sp³-hybridized carbons (Fsp3) is 0.0370. The normalized spacial score (nSPS) is 11.7. The highest BCUT2D eigenvalue weighted by Gasteiger charge is 2.28. The zero-order valence-corrected chi connectivity index (χ0v) is 18.2. The number of aryl methyl sites for hydroxylation is 1. The van der Waals surface area contributed by atoms with Gasteiger partial charge in [0.1, 0.15) is 5.82 Å².